The first kappa shape index (κ1) is 8.96. The van der Waals surface area contributed by atoms with Gasteiger partial charge in [0.2, 0.25) is 5.91 Å². The molecular formula is C9H11N3O2. The van der Waals surface area contributed by atoms with E-state index >= 15 is 0 Å². The van der Waals surface area contributed by atoms with Crippen molar-refractivity contribution in [2.45, 2.75) is 0 Å². The van der Waals surface area contributed by atoms with Gasteiger partial charge in [0.1, 0.15) is 0 Å². The largest absolute Gasteiger partial charge is 0.395 e. The van der Waals surface area contributed by atoms with Crippen molar-refractivity contribution in [1.29, 1.82) is 0 Å². The third kappa shape index (κ3) is 1.54. The fraction of sp³-hybridized carbons (Fsp3) is 0.333. The fourth-order valence-corrected chi connectivity index (χ4v) is 1.51. The molecule has 2 N–H and O–H groups in total. The van der Waals surface area contributed by atoms with Crippen molar-refractivity contribution in [3.63, 3.8) is 0 Å². The third-order valence-electron chi connectivity index (χ3n) is 2.12. The zero-order chi connectivity index (χ0) is 9.97. The lowest BCUT2D eigenvalue weighted by atomic mass is 10.2. The third-order valence-corrected chi connectivity index (χ3v) is 2.12. The number of anilines is 2. The minimum atomic E-state index is -0.0582. The maximum absolute atomic E-state index is 11.3. The van der Waals surface area contributed by atoms with Gasteiger partial charge in [0.25, 0.3) is 0 Å². The quantitative estimate of drug-likeness (QED) is 0.684. The molecule has 0 aromatic carbocycles. The topological polar surface area (TPSA) is 65.5 Å². The van der Waals surface area contributed by atoms with Gasteiger partial charge in [0.05, 0.1) is 30.7 Å². The molecular weight excluding hydrogens is 182 g/mol. The predicted molar refractivity (Wildman–Crippen MR) is 52.2 cm³/mol. The second-order valence-electron chi connectivity index (χ2n) is 3.09. The van der Waals surface area contributed by atoms with Gasteiger partial charge in [-0.15, -0.1) is 0 Å². The Balaban J connectivity index is 2.33. The molecule has 74 valence electrons. The smallest absolute Gasteiger partial charge is 0.243 e. The minimum absolute atomic E-state index is 0.0294. The van der Waals surface area contributed by atoms with Gasteiger partial charge in [-0.1, -0.05) is 0 Å². The number of rotatable bonds is 2. The van der Waals surface area contributed by atoms with Crippen LogP contribution in [-0.2, 0) is 4.79 Å². The molecule has 1 amide bonds. The van der Waals surface area contributed by atoms with Crippen molar-refractivity contribution < 1.29 is 9.90 Å². The van der Waals surface area contributed by atoms with Crippen LogP contribution in [0.1, 0.15) is 0 Å². The van der Waals surface area contributed by atoms with Gasteiger partial charge >= 0.3 is 0 Å². The van der Waals surface area contributed by atoms with Crippen LogP contribution >= 0.6 is 0 Å². The highest BCUT2D eigenvalue weighted by atomic mass is 16.3. The maximum Gasteiger partial charge on any atom is 0.243 e. The Labute approximate surface area is 81.4 Å². The number of nitrogens with one attached hydrogen (secondary N) is 1. The van der Waals surface area contributed by atoms with Crippen molar-refractivity contribution in [3.8, 4) is 0 Å². The summed E-state index contributed by atoms with van der Waals surface area (Å²) in [6.07, 6.45) is 3.31. The molecule has 1 aromatic heterocycles. The molecule has 0 spiro atoms. The van der Waals surface area contributed by atoms with Crippen molar-refractivity contribution >= 4 is 17.3 Å². The van der Waals surface area contributed by atoms with Gasteiger partial charge < -0.3 is 15.3 Å². The molecule has 0 fully saturated rings. The number of carbonyl (C=O) groups excluding carboxylic acids is 1. The molecule has 0 saturated heterocycles. The van der Waals surface area contributed by atoms with Crippen LogP contribution in [0.3, 0.4) is 0 Å². The first-order valence-electron chi connectivity index (χ1n) is 4.41. The van der Waals surface area contributed by atoms with Crippen LogP contribution in [0.5, 0.6) is 0 Å². The highest BCUT2D eigenvalue weighted by Crippen LogP contribution is 2.27. The second kappa shape index (κ2) is 3.63. The molecule has 0 aliphatic carbocycles. The van der Waals surface area contributed by atoms with E-state index in [1.807, 2.05) is 0 Å². The van der Waals surface area contributed by atoms with Crippen LogP contribution in [0.2, 0.25) is 0 Å². The summed E-state index contributed by atoms with van der Waals surface area (Å²) < 4.78 is 0. The molecule has 0 atom stereocenters. The Bertz CT molecular complexity index is 354. The number of aliphatic hydroxyl groups is 1. The molecule has 14 heavy (non-hydrogen) atoms. The Morgan fingerprint density at radius 1 is 1.64 bits per heavy atom. The molecule has 2 heterocycles. The van der Waals surface area contributed by atoms with Crippen LogP contribution in [0.25, 0.3) is 0 Å². The monoisotopic (exact) mass is 193 g/mol. The van der Waals surface area contributed by atoms with E-state index in [1.54, 1.807) is 23.4 Å². The average molecular weight is 193 g/mol. The molecule has 0 saturated carbocycles. The summed E-state index contributed by atoms with van der Waals surface area (Å²) in [5, 5.41) is 11.6. The van der Waals surface area contributed by atoms with Crippen LogP contribution in [-0.4, -0.2) is 35.7 Å². The molecule has 0 unspecified atom stereocenters. The molecule has 5 nitrogen and oxygen atoms in total. The summed E-state index contributed by atoms with van der Waals surface area (Å²) in [6.45, 7) is 0.757. The highest BCUT2D eigenvalue weighted by molar-refractivity contribution is 6.00. The van der Waals surface area contributed by atoms with Crippen LogP contribution in [0.4, 0.5) is 11.4 Å². The van der Waals surface area contributed by atoms with Crippen molar-refractivity contribution in [2.75, 3.05) is 29.9 Å². The summed E-state index contributed by atoms with van der Waals surface area (Å²) in [6, 6.07) is 1.75. The number of pyridine rings is 1. The van der Waals surface area contributed by atoms with E-state index in [2.05, 4.69) is 10.3 Å². The molecule has 5 heteroatoms. The van der Waals surface area contributed by atoms with Gasteiger partial charge in [-0.25, -0.2) is 0 Å². The second-order valence-corrected chi connectivity index (χ2v) is 3.09. The maximum atomic E-state index is 11.3. The van der Waals surface area contributed by atoms with Crippen LogP contribution in [0.15, 0.2) is 18.5 Å². The lowest BCUT2D eigenvalue weighted by Gasteiger charge is -2.29. The number of carbonyl (C=O) groups is 1. The van der Waals surface area contributed by atoms with E-state index in [9.17, 15) is 4.79 Å². The molecule has 2 rings (SSSR count). The van der Waals surface area contributed by atoms with E-state index in [4.69, 9.17) is 5.11 Å². The number of nitrogens with zero attached hydrogens (tertiary/aromatic N) is 2. The number of fused-ring (bicyclic) bond motifs is 1. The highest BCUT2D eigenvalue weighted by Gasteiger charge is 2.20. The number of amides is 1. The van der Waals surface area contributed by atoms with Gasteiger partial charge in [0.15, 0.2) is 0 Å². The van der Waals surface area contributed by atoms with Crippen LogP contribution < -0.4 is 10.2 Å². The standard InChI is InChI=1S/C9H11N3O2/c13-4-3-12-6-9(14)11-7-1-2-10-5-8(7)12/h1-2,5,13H,3-4,6H2,(H,11,14). The first-order chi connectivity index (χ1) is 6.81. The van der Waals surface area contributed by atoms with Gasteiger partial charge in [-0.2, -0.15) is 0 Å². The molecule has 1 aliphatic rings. The van der Waals surface area contributed by atoms with Crippen LogP contribution in [0, 0.1) is 0 Å². The predicted octanol–water partition coefficient (Wildman–Crippen LogP) is -0.168. The Kier molecular flexibility index (Phi) is 2.32. The van der Waals surface area contributed by atoms with Crippen molar-refractivity contribution in [2.24, 2.45) is 0 Å². The number of β-amino-alcohol motifs (C(OH)–C–C–N with tert-alkyl or cyclic N) is 1. The summed E-state index contributed by atoms with van der Waals surface area (Å²) in [5.41, 5.74) is 1.62. The summed E-state index contributed by atoms with van der Waals surface area (Å²) >= 11 is 0. The van der Waals surface area contributed by atoms with Gasteiger partial charge in [0, 0.05) is 12.7 Å². The van der Waals surface area contributed by atoms with Crippen molar-refractivity contribution in [3.05, 3.63) is 18.5 Å². The van der Waals surface area contributed by atoms with Crippen molar-refractivity contribution in [1.82, 2.24) is 4.98 Å². The summed E-state index contributed by atoms with van der Waals surface area (Å²) in [7, 11) is 0. The zero-order valence-electron chi connectivity index (χ0n) is 7.60. The fourth-order valence-electron chi connectivity index (χ4n) is 1.51. The Morgan fingerprint density at radius 3 is 3.29 bits per heavy atom. The van der Waals surface area contributed by atoms with E-state index < -0.39 is 0 Å². The first-order valence-corrected chi connectivity index (χ1v) is 4.41. The van der Waals surface area contributed by atoms with Gasteiger partial charge in [-0.3, -0.25) is 9.78 Å². The van der Waals surface area contributed by atoms with E-state index in [0.717, 1.165) is 11.4 Å². The minimum Gasteiger partial charge on any atom is -0.395 e. The van der Waals surface area contributed by atoms with Gasteiger partial charge in [-0.05, 0) is 6.07 Å². The van der Waals surface area contributed by atoms with E-state index in [0.29, 0.717) is 6.54 Å². The van der Waals surface area contributed by atoms with E-state index in [1.165, 1.54) is 0 Å². The molecule has 1 aromatic rings. The Hall–Kier alpha value is -1.62. The number of hydrogen-bond donors (Lipinski definition) is 2. The number of aliphatic hydroxyl groups excluding tert-OH is 1. The molecule has 0 bridgehead atoms. The lowest BCUT2D eigenvalue weighted by Crippen LogP contribution is -2.39. The van der Waals surface area contributed by atoms with E-state index in [-0.39, 0.29) is 19.1 Å². The lowest BCUT2D eigenvalue weighted by molar-refractivity contribution is -0.115. The molecule has 1 aliphatic heterocycles. The zero-order valence-corrected chi connectivity index (χ0v) is 7.60. The number of hydrogen-bond acceptors (Lipinski definition) is 4. The Morgan fingerprint density at radius 2 is 2.50 bits per heavy atom. The molecule has 0 radical (unpaired) electrons. The normalized spacial score (nSPS) is 14.9. The SMILES string of the molecule is O=C1CN(CCO)c2cnccc2N1. The number of aromatic nitrogens is 1. The summed E-state index contributed by atoms with van der Waals surface area (Å²) in [4.78, 5) is 17.0. The summed E-state index contributed by atoms with van der Waals surface area (Å²) in [5.74, 6) is -0.0582. The average Bonchev–Trinajstić information content (AvgIpc) is 2.18.